The Bertz CT molecular complexity index is 455. The van der Waals surface area contributed by atoms with Gasteiger partial charge in [-0.15, -0.1) is 0 Å². The third kappa shape index (κ3) is 6.29. The molecule has 22 heavy (non-hydrogen) atoms. The van der Waals surface area contributed by atoms with E-state index in [0.717, 1.165) is 25.7 Å². The molecule has 0 bridgehead atoms. The lowest BCUT2D eigenvalue weighted by atomic mass is 9.88. The van der Waals surface area contributed by atoms with Gasteiger partial charge in [0.15, 0.2) is 5.92 Å². The first kappa shape index (κ1) is 18.2. The van der Waals surface area contributed by atoms with Crippen molar-refractivity contribution < 1.29 is 19.4 Å². The third-order valence-corrected chi connectivity index (χ3v) is 3.94. The quantitative estimate of drug-likeness (QED) is 0.529. The number of carbonyl (C=O) groups is 2. The van der Waals surface area contributed by atoms with E-state index in [2.05, 4.69) is 12.1 Å². The van der Waals surface area contributed by atoms with Gasteiger partial charge in [0.1, 0.15) is 0 Å². The molecular formula is C18H26O4. The Hall–Kier alpha value is -1.84. The monoisotopic (exact) mass is 306 g/mol. The van der Waals surface area contributed by atoms with Crippen LogP contribution in [-0.2, 0) is 20.7 Å². The minimum absolute atomic E-state index is 0.216. The maximum absolute atomic E-state index is 11.7. The number of carboxylic acid groups (broad SMARTS) is 1. The molecular weight excluding hydrogens is 280 g/mol. The molecule has 1 aromatic rings. The van der Waals surface area contributed by atoms with E-state index in [1.165, 1.54) is 5.56 Å². The first-order valence-corrected chi connectivity index (χ1v) is 8.01. The fourth-order valence-electron chi connectivity index (χ4n) is 2.60. The van der Waals surface area contributed by atoms with Gasteiger partial charge in [0.05, 0.1) is 6.61 Å². The van der Waals surface area contributed by atoms with Crippen molar-refractivity contribution in [3.63, 3.8) is 0 Å². The van der Waals surface area contributed by atoms with Crippen LogP contribution < -0.4 is 0 Å². The standard InChI is InChI=1S/C18H26O4/c1-3-14(11-8-12-15-9-6-5-7-10-15)13-16(17(19)20)18(21)22-4-2/h5-7,9-10,14,16H,3-4,8,11-13H2,1-2H3,(H,19,20). The highest BCUT2D eigenvalue weighted by molar-refractivity contribution is 5.93. The maximum Gasteiger partial charge on any atom is 0.320 e. The second-order valence-electron chi connectivity index (χ2n) is 5.53. The molecule has 0 amide bonds. The molecule has 0 aliphatic heterocycles. The summed E-state index contributed by atoms with van der Waals surface area (Å²) in [6.07, 6.45) is 4.14. The van der Waals surface area contributed by atoms with Gasteiger partial charge < -0.3 is 9.84 Å². The van der Waals surface area contributed by atoms with E-state index in [9.17, 15) is 14.7 Å². The molecule has 0 aliphatic carbocycles. The number of carboxylic acids is 1. The van der Waals surface area contributed by atoms with Gasteiger partial charge >= 0.3 is 11.9 Å². The van der Waals surface area contributed by atoms with Gasteiger partial charge in [-0.2, -0.15) is 0 Å². The summed E-state index contributed by atoms with van der Waals surface area (Å²) < 4.78 is 4.86. The molecule has 122 valence electrons. The summed E-state index contributed by atoms with van der Waals surface area (Å²) in [4.78, 5) is 23.0. The zero-order chi connectivity index (χ0) is 16.4. The van der Waals surface area contributed by atoms with Crippen LogP contribution in [0, 0.1) is 11.8 Å². The maximum atomic E-state index is 11.7. The topological polar surface area (TPSA) is 63.6 Å². The van der Waals surface area contributed by atoms with E-state index in [1.54, 1.807) is 6.92 Å². The lowest BCUT2D eigenvalue weighted by molar-refractivity contribution is -0.159. The van der Waals surface area contributed by atoms with Crippen molar-refractivity contribution in [3.8, 4) is 0 Å². The van der Waals surface area contributed by atoms with E-state index in [1.807, 2.05) is 25.1 Å². The van der Waals surface area contributed by atoms with E-state index in [-0.39, 0.29) is 12.5 Å². The van der Waals surface area contributed by atoms with Crippen molar-refractivity contribution in [1.29, 1.82) is 0 Å². The largest absolute Gasteiger partial charge is 0.481 e. The van der Waals surface area contributed by atoms with Crippen molar-refractivity contribution in [1.82, 2.24) is 0 Å². The fraction of sp³-hybridized carbons (Fsp3) is 0.556. The number of aryl methyl sites for hydroxylation is 1. The molecule has 0 spiro atoms. The molecule has 1 rings (SSSR count). The Morgan fingerprint density at radius 2 is 1.86 bits per heavy atom. The predicted octanol–water partition coefficient (Wildman–Crippen LogP) is 3.69. The second kappa shape index (κ2) is 9.98. The molecule has 0 aliphatic rings. The Balaban J connectivity index is 2.48. The predicted molar refractivity (Wildman–Crippen MR) is 85.5 cm³/mol. The summed E-state index contributed by atoms with van der Waals surface area (Å²) in [5, 5.41) is 9.22. The first-order chi connectivity index (χ1) is 10.6. The molecule has 0 saturated heterocycles. The average Bonchev–Trinajstić information content (AvgIpc) is 2.51. The molecule has 2 atom stereocenters. The van der Waals surface area contributed by atoms with E-state index >= 15 is 0 Å². The summed E-state index contributed by atoms with van der Waals surface area (Å²) in [7, 11) is 0. The van der Waals surface area contributed by atoms with Crippen LogP contribution in [0.5, 0.6) is 0 Å². The van der Waals surface area contributed by atoms with Crippen LogP contribution in [0.25, 0.3) is 0 Å². The Morgan fingerprint density at radius 1 is 1.18 bits per heavy atom. The SMILES string of the molecule is CCOC(=O)C(CC(CC)CCCc1ccccc1)C(=O)O. The van der Waals surface area contributed by atoms with Gasteiger partial charge in [0.2, 0.25) is 0 Å². The lowest BCUT2D eigenvalue weighted by Crippen LogP contribution is -2.28. The summed E-state index contributed by atoms with van der Waals surface area (Å²) in [6, 6.07) is 10.2. The summed E-state index contributed by atoms with van der Waals surface area (Å²) >= 11 is 0. The molecule has 4 heteroatoms. The molecule has 1 N–H and O–H groups in total. The molecule has 4 nitrogen and oxygen atoms in total. The smallest absolute Gasteiger partial charge is 0.320 e. The molecule has 0 aromatic heterocycles. The number of benzene rings is 1. The van der Waals surface area contributed by atoms with Crippen molar-refractivity contribution in [2.24, 2.45) is 11.8 Å². The zero-order valence-corrected chi connectivity index (χ0v) is 13.5. The number of hydrogen-bond acceptors (Lipinski definition) is 3. The van der Waals surface area contributed by atoms with Crippen LogP contribution in [-0.4, -0.2) is 23.7 Å². The van der Waals surface area contributed by atoms with Gasteiger partial charge in [-0.1, -0.05) is 50.1 Å². The van der Waals surface area contributed by atoms with Crippen LogP contribution in [0.3, 0.4) is 0 Å². The first-order valence-electron chi connectivity index (χ1n) is 8.01. The minimum atomic E-state index is -1.08. The number of carbonyl (C=O) groups excluding carboxylic acids is 1. The summed E-state index contributed by atoms with van der Waals surface area (Å²) in [5.74, 6) is -2.51. The molecule has 2 unspecified atom stereocenters. The highest BCUT2D eigenvalue weighted by atomic mass is 16.5. The van der Waals surface area contributed by atoms with Gasteiger partial charge in [-0.05, 0) is 37.7 Å². The third-order valence-electron chi connectivity index (χ3n) is 3.94. The van der Waals surface area contributed by atoms with E-state index < -0.39 is 17.9 Å². The highest BCUT2D eigenvalue weighted by Crippen LogP contribution is 2.23. The minimum Gasteiger partial charge on any atom is -0.481 e. The number of aliphatic carboxylic acids is 1. The van der Waals surface area contributed by atoms with Gasteiger partial charge in [-0.25, -0.2) is 0 Å². The van der Waals surface area contributed by atoms with Crippen molar-refractivity contribution in [3.05, 3.63) is 35.9 Å². The number of ether oxygens (including phenoxy) is 1. The van der Waals surface area contributed by atoms with Crippen LogP contribution in [0.1, 0.15) is 45.1 Å². The fourth-order valence-corrected chi connectivity index (χ4v) is 2.60. The van der Waals surface area contributed by atoms with Crippen molar-refractivity contribution >= 4 is 11.9 Å². The zero-order valence-electron chi connectivity index (χ0n) is 13.5. The summed E-state index contributed by atoms with van der Waals surface area (Å²) in [5.41, 5.74) is 1.29. The molecule has 0 fully saturated rings. The van der Waals surface area contributed by atoms with Gasteiger partial charge in [0.25, 0.3) is 0 Å². The Morgan fingerprint density at radius 3 is 2.41 bits per heavy atom. The normalized spacial score (nSPS) is 13.4. The van der Waals surface area contributed by atoms with E-state index in [0.29, 0.717) is 6.42 Å². The Labute approximate surface area is 132 Å². The molecule has 1 aromatic carbocycles. The molecule has 0 radical (unpaired) electrons. The van der Waals surface area contributed by atoms with E-state index in [4.69, 9.17) is 4.74 Å². The van der Waals surface area contributed by atoms with Crippen LogP contribution >= 0.6 is 0 Å². The second-order valence-corrected chi connectivity index (χ2v) is 5.53. The van der Waals surface area contributed by atoms with Crippen molar-refractivity contribution in [2.75, 3.05) is 6.61 Å². The summed E-state index contributed by atoms with van der Waals surface area (Å²) in [6.45, 7) is 3.94. The lowest BCUT2D eigenvalue weighted by Gasteiger charge is -2.19. The van der Waals surface area contributed by atoms with Crippen molar-refractivity contribution in [2.45, 2.75) is 46.0 Å². The number of rotatable bonds is 10. The number of hydrogen-bond donors (Lipinski definition) is 1. The Kier molecular flexibility index (Phi) is 8.26. The average molecular weight is 306 g/mol. The van der Waals surface area contributed by atoms with Gasteiger partial charge in [-0.3, -0.25) is 9.59 Å². The highest BCUT2D eigenvalue weighted by Gasteiger charge is 2.30. The van der Waals surface area contributed by atoms with Crippen LogP contribution in [0.2, 0.25) is 0 Å². The van der Waals surface area contributed by atoms with Crippen LogP contribution in [0.15, 0.2) is 30.3 Å². The molecule has 0 heterocycles. The molecule has 0 saturated carbocycles. The number of esters is 1. The van der Waals surface area contributed by atoms with Gasteiger partial charge in [0, 0.05) is 0 Å². The van der Waals surface area contributed by atoms with Crippen LogP contribution in [0.4, 0.5) is 0 Å².